The van der Waals surface area contributed by atoms with Crippen molar-refractivity contribution < 1.29 is 56.9 Å². The molecule has 0 aromatic carbocycles. The normalized spacial score (nSPS) is 21.7. The van der Waals surface area contributed by atoms with Gasteiger partial charge in [-0.15, -0.1) is 0 Å². The lowest BCUT2D eigenvalue weighted by Crippen LogP contribution is -2.37. The van der Waals surface area contributed by atoms with Crippen molar-refractivity contribution in [3.8, 4) is 0 Å². The third-order valence-corrected chi connectivity index (χ3v) is 11.8. The summed E-state index contributed by atoms with van der Waals surface area (Å²) < 4.78 is 34.4. The first-order valence-electron chi connectivity index (χ1n) is 22.4. The second kappa shape index (κ2) is 30.4. The maximum atomic E-state index is 12.8. The van der Waals surface area contributed by atoms with Gasteiger partial charge in [0, 0.05) is 31.1 Å². The van der Waals surface area contributed by atoms with E-state index in [1.54, 1.807) is 0 Å². The van der Waals surface area contributed by atoms with Crippen LogP contribution in [0, 0.1) is 11.8 Å². The van der Waals surface area contributed by atoms with Crippen molar-refractivity contribution in [1.29, 1.82) is 0 Å². The van der Waals surface area contributed by atoms with Gasteiger partial charge < -0.3 is 24.0 Å². The quantitative estimate of drug-likeness (QED) is 0.0155. The Morgan fingerprint density at radius 1 is 0.772 bits per heavy atom. The van der Waals surface area contributed by atoms with E-state index in [0.29, 0.717) is 23.9 Å². The van der Waals surface area contributed by atoms with Crippen molar-refractivity contribution in [3.05, 3.63) is 24.3 Å². The highest BCUT2D eigenvalue weighted by Gasteiger charge is 2.49. The van der Waals surface area contributed by atoms with Crippen molar-refractivity contribution in [3.63, 3.8) is 0 Å². The summed E-state index contributed by atoms with van der Waals surface area (Å²) in [5.41, 5.74) is 0. The van der Waals surface area contributed by atoms with E-state index in [0.717, 1.165) is 57.8 Å². The lowest BCUT2D eigenvalue weighted by atomic mass is 9.89. The molecule has 0 aromatic rings. The molecule has 2 bridgehead atoms. The largest absolute Gasteiger partial charge is 0.472 e. The van der Waals surface area contributed by atoms with Crippen LogP contribution in [0.15, 0.2) is 24.3 Å². The molecule has 7 atom stereocenters. The zero-order chi connectivity index (χ0) is 41.8. The fourth-order valence-corrected chi connectivity index (χ4v) is 8.00. The first-order valence-corrected chi connectivity index (χ1v) is 23.9. The number of carbonyl (C=O) groups is 2. The molecule has 1 aliphatic carbocycles. The number of phosphoric acid groups is 1. The molecule has 13 heteroatoms. The smallest absolute Gasteiger partial charge is 0.462 e. The van der Waals surface area contributed by atoms with E-state index >= 15 is 0 Å². The lowest BCUT2D eigenvalue weighted by molar-refractivity contribution is -0.870. The molecule has 57 heavy (non-hydrogen) atoms. The maximum Gasteiger partial charge on any atom is 0.472 e. The number of unbranched alkanes of at least 4 members (excludes halogenated alkanes) is 15. The Balaban J connectivity index is 1.74. The van der Waals surface area contributed by atoms with Gasteiger partial charge in [0.25, 0.3) is 0 Å². The molecule has 2 rings (SSSR count). The van der Waals surface area contributed by atoms with Crippen molar-refractivity contribution in [2.24, 2.45) is 11.8 Å². The highest BCUT2D eigenvalue weighted by molar-refractivity contribution is 7.47. The van der Waals surface area contributed by atoms with Crippen LogP contribution in [0.5, 0.6) is 0 Å². The number of hydrogen-bond donors (Lipinski definition) is 2. The fourth-order valence-electron chi connectivity index (χ4n) is 7.26. The van der Waals surface area contributed by atoms with Gasteiger partial charge in [-0.3, -0.25) is 18.6 Å². The number of quaternary nitrogens is 1. The second-order valence-electron chi connectivity index (χ2n) is 17.2. The molecule has 2 N–H and O–H groups in total. The van der Waals surface area contributed by atoms with Gasteiger partial charge >= 0.3 is 19.8 Å². The van der Waals surface area contributed by atoms with Gasteiger partial charge in [-0.1, -0.05) is 134 Å². The third kappa shape index (κ3) is 25.6. The fraction of sp³-hybridized carbons (Fsp3) is 0.864. The molecule has 332 valence electrons. The summed E-state index contributed by atoms with van der Waals surface area (Å²) in [6.45, 7) is 4.17. The SMILES string of the molecule is CCCCCCCCCCCCCCCC(=O)OCC(COP(=O)(O)OCC[N+](C)(C)C)OC(=O)CCC/C=C\CC1C2CC(OO2)C1/C=C/C(O)CCCCC. The van der Waals surface area contributed by atoms with E-state index in [1.165, 1.54) is 64.2 Å². The molecule has 1 aliphatic heterocycles. The molecule has 7 unspecified atom stereocenters. The summed E-state index contributed by atoms with van der Waals surface area (Å²) in [5.74, 6) is -0.464. The third-order valence-electron chi connectivity index (χ3n) is 10.8. The number of esters is 2. The topological polar surface area (TPSA) is 147 Å². The Labute approximate surface area is 345 Å². The van der Waals surface area contributed by atoms with E-state index in [2.05, 4.69) is 32.1 Å². The van der Waals surface area contributed by atoms with Crippen molar-refractivity contribution >= 4 is 19.8 Å². The molecule has 1 heterocycles. The van der Waals surface area contributed by atoms with Crippen LogP contribution in [0.1, 0.15) is 162 Å². The van der Waals surface area contributed by atoms with Crippen LogP contribution in [0.3, 0.4) is 0 Å². The summed E-state index contributed by atoms with van der Waals surface area (Å²) in [6.07, 6.45) is 29.7. The number of fused-ring (bicyclic) bond motifs is 2. The molecular weight excluding hydrogens is 749 g/mol. The number of phosphoric ester groups is 1. The minimum atomic E-state index is -4.42. The average Bonchev–Trinajstić information content (AvgIpc) is 3.77. The van der Waals surface area contributed by atoms with Gasteiger partial charge in [0.15, 0.2) is 6.10 Å². The predicted octanol–water partition coefficient (Wildman–Crippen LogP) is 9.71. The second-order valence-corrected chi connectivity index (χ2v) is 18.6. The van der Waals surface area contributed by atoms with Crippen LogP contribution < -0.4 is 0 Å². The first-order chi connectivity index (χ1) is 27.3. The number of aliphatic hydroxyl groups excluding tert-OH is 1. The van der Waals surface area contributed by atoms with Crippen LogP contribution in [0.4, 0.5) is 0 Å². The highest BCUT2D eigenvalue weighted by Crippen LogP contribution is 2.45. The number of aliphatic hydroxyl groups is 1. The number of carbonyl (C=O) groups excluding carboxylic acids is 2. The van der Waals surface area contributed by atoms with Gasteiger partial charge in [-0.05, 0) is 32.1 Å². The number of hydrogen-bond acceptors (Lipinski definition) is 10. The molecule has 0 aromatic heterocycles. The van der Waals surface area contributed by atoms with E-state index in [-0.39, 0.29) is 50.1 Å². The summed E-state index contributed by atoms with van der Waals surface area (Å²) >= 11 is 0. The standard InChI is InChI=1S/C44H80NO11P/c1-6-8-10-11-12-13-14-15-16-17-18-19-24-28-43(47)51-35-38(36-53-57(49,50)52-33-32-45(3,4)5)54-44(48)29-25-21-20-23-27-39-40(42-34-41(39)55-56-42)31-30-37(46)26-22-9-7-2/h20,23,30-31,37-42,46H,6-19,21-22,24-29,32-36H2,1-5H3/p+1/b23-20-,31-30+. The zero-order valence-corrected chi connectivity index (χ0v) is 37.2. The number of allylic oxidation sites excluding steroid dienone is 2. The summed E-state index contributed by atoms with van der Waals surface area (Å²) in [7, 11) is 1.39. The Hall–Kier alpha value is -1.63. The molecule has 0 amide bonds. The predicted molar refractivity (Wildman–Crippen MR) is 224 cm³/mol. The van der Waals surface area contributed by atoms with Gasteiger partial charge in [0.2, 0.25) is 0 Å². The maximum absolute atomic E-state index is 12.8. The molecule has 2 aliphatic rings. The van der Waals surface area contributed by atoms with Crippen molar-refractivity contribution in [2.75, 3.05) is 47.5 Å². The number of likely N-dealkylation sites (N-methyl/N-ethyl adjacent to an activating group) is 1. The number of nitrogens with zero attached hydrogens (tertiary/aromatic N) is 1. The van der Waals surface area contributed by atoms with E-state index in [4.69, 9.17) is 28.3 Å². The lowest BCUT2D eigenvalue weighted by Gasteiger charge is -2.27. The van der Waals surface area contributed by atoms with Crippen LogP contribution in [0.25, 0.3) is 0 Å². The van der Waals surface area contributed by atoms with Crippen molar-refractivity contribution in [1.82, 2.24) is 0 Å². The molecule has 1 saturated heterocycles. The van der Waals surface area contributed by atoms with Crippen LogP contribution in [0.2, 0.25) is 0 Å². The minimum absolute atomic E-state index is 0.00571. The average molecular weight is 831 g/mol. The summed E-state index contributed by atoms with van der Waals surface area (Å²) in [6, 6.07) is 0. The Kier molecular flexibility index (Phi) is 27.5. The molecule has 1 saturated carbocycles. The van der Waals surface area contributed by atoms with Crippen molar-refractivity contribution in [2.45, 2.75) is 186 Å². The van der Waals surface area contributed by atoms with E-state index in [9.17, 15) is 24.2 Å². The Morgan fingerprint density at radius 3 is 2.02 bits per heavy atom. The van der Waals surface area contributed by atoms with Crippen LogP contribution >= 0.6 is 7.82 Å². The van der Waals surface area contributed by atoms with Crippen LogP contribution in [-0.2, 0) is 42.5 Å². The van der Waals surface area contributed by atoms with Gasteiger partial charge in [-0.25, -0.2) is 14.3 Å². The first kappa shape index (κ1) is 51.5. The van der Waals surface area contributed by atoms with Gasteiger partial charge in [0.05, 0.1) is 40.0 Å². The van der Waals surface area contributed by atoms with E-state index < -0.39 is 38.6 Å². The van der Waals surface area contributed by atoms with Gasteiger partial charge in [0.1, 0.15) is 25.9 Å². The molecule has 0 spiro atoms. The Bertz CT molecular complexity index is 1180. The minimum Gasteiger partial charge on any atom is -0.462 e. The highest BCUT2D eigenvalue weighted by atomic mass is 31.2. The molecule has 0 radical (unpaired) electrons. The van der Waals surface area contributed by atoms with E-state index in [1.807, 2.05) is 27.2 Å². The number of rotatable bonds is 36. The Morgan fingerprint density at radius 2 is 1.37 bits per heavy atom. The molecular formula is C44H81NO11P+. The molecule has 2 fully saturated rings. The zero-order valence-electron chi connectivity index (χ0n) is 36.3. The molecule has 12 nitrogen and oxygen atoms in total. The summed E-state index contributed by atoms with van der Waals surface area (Å²) in [5, 5.41) is 10.4. The van der Waals surface area contributed by atoms with Gasteiger partial charge in [-0.2, -0.15) is 0 Å². The van der Waals surface area contributed by atoms with Crippen LogP contribution in [-0.4, -0.2) is 98.3 Å². The monoisotopic (exact) mass is 831 g/mol. The summed E-state index contributed by atoms with van der Waals surface area (Å²) in [4.78, 5) is 46.6. The number of ether oxygens (including phenoxy) is 2.